The lowest BCUT2D eigenvalue weighted by Gasteiger charge is -1.96. The normalized spacial score (nSPS) is 9.55. The van der Waals surface area contributed by atoms with Crippen molar-refractivity contribution < 1.29 is 4.79 Å². The van der Waals surface area contributed by atoms with E-state index in [2.05, 4.69) is 14.9 Å². The lowest BCUT2D eigenvalue weighted by Crippen LogP contribution is -2.16. The predicted octanol–water partition coefficient (Wildman–Crippen LogP) is -0.175. The molecule has 0 atom stereocenters. The maximum Gasteiger partial charge on any atom is 0.226 e. The second kappa shape index (κ2) is 3.99. The minimum absolute atomic E-state index is 0.125. The number of anilines is 1. The lowest BCUT2D eigenvalue weighted by atomic mass is 10.4. The van der Waals surface area contributed by atoms with Crippen LogP contribution in [0.3, 0.4) is 0 Å². The first-order valence-electron chi connectivity index (χ1n) is 3.10. The fourth-order valence-corrected chi connectivity index (χ4v) is 0.944. The number of carbonyl (C=O) groups excluding carboxylic acids is 1. The highest BCUT2D eigenvalue weighted by molar-refractivity contribution is 7.03. The molecule has 1 rings (SSSR count). The van der Waals surface area contributed by atoms with E-state index in [1.165, 1.54) is 11.5 Å². The molecular weight excluding hydrogens is 164 g/mol. The molecule has 1 heterocycles. The Kier molecular flexibility index (Phi) is 2.94. The lowest BCUT2D eigenvalue weighted by molar-refractivity contribution is -0.116. The Morgan fingerprint density at radius 2 is 2.64 bits per heavy atom. The van der Waals surface area contributed by atoms with Gasteiger partial charge in [-0.05, 0) is 11.5 Å². The Hall–Kier alpha value is -1.01. The van der Waals surface area contributed by atoms with Gasteiger partial charge >= 0.3 is 0 Å². The van der Waals surface area contributed by atoms with E-state index in [0.29, 0.717) is 18.8 Å². The van der Waals surface area contributed by atoms with E-state index < -0.39 is 0 Å². The summed E-state index contributed by atoms with van der Waals surface area (Å²) in [5, 5.41) is 7.84. The highest BCUT2D eigenvalue weighted by Crippen LogP contribution is 2.02. The molecule has 0 saturated carbocycles. The van der Waals surface area contributed by atoms with E-state index >= 15 is 0 Å². The van der Waals surface area contributed by atoms with Crippen LogP contribution in [-0.4, -0.2) is 22.0 Å². The van der Waals surface area contributed by atoms with Gasteiger partial charge in [0.25, 0.3) is 0 Å². The summed E-state index contributed by atoms with van der Waals surface area (Å²) in [6, 6.07) is 0. The standard InChI is InChI=1S/C5H8N4OS/c6-2-1-5(10)7-4-3-11-9-8-4/h3H,1-2,6H2,(H,7,10). The Bertz CT molecular complexity index is 222. The van der Waals surface area contributed by atoms with Crippen molar-refractivity contribution in [2.24, 2.45) is 5.73 Å². The number of amides is 1. The molecule has 0 spiro atoms. The molecule has 0 radical (unpaired) electrons. The number of nitrogens with one attached hydrogen (secondary N) is 1. The van der Waals surface area contributed by atoms with Crippen LogP contribution in [0.4, 0.5) is 5.82 Å². The number of nitrogens with zero attached hydrogens (tertiary/aromatic N) is 2. The molecule has 3 N–H and O–H groups in total. The fourth-order valence-electron chi connectivity index (χ4n) is 0.556. The van der Waals surface area contributed by atoms with Crippen molar-refractivity contribution in [1.82, 2.24) is 9.59 Å². The molecule has 1 aromatic rings. The maximum atomic E-state index is 10.9. The Labute approximate surface area is 67.8 Å². The third-order valence-electron chi connectivity index (χ3n) is 0.999. The largest absolute Gasteiger partial charge is 0.330 e. The van der Waals surface area contributed by atoms with Crippen LogP contribution in [0, 0.1) is 0 Å². The van der Waals surface area contributed by atoms with Crippen LogP contribution in [0.2, 0.25) is 0 Å². The summed E-state index contributed by atoms with van der Waals surface area (Å²) in [6.07, 6.45) is 0.317. The second-order valence-electron chi connectivity index (χ2n) is 1.88. The summed E-state index contributed by atoms with van der Waals surface area (Å²) in [5.74, 6) is 0.369. The highest BCUT2D eigenvalue weighted by Gasteiger charge is 2.01. The summed E-state index contributed by atoms with van der Waals surface area (Å²) < 4.78 is 3.58. The molecule has 0 aliphatic rings. The van der Waals surface area contributed by atoms with Crippen molar-refractivity contribution in [3.8, 4) is 0 Å². The molecule has 0 aliphatic heterocycles. The van der Waals surface area contributed by atoms with Crippen LogP contribution >= 0.6 is 11.5 Å². The number of rotatable bonds is 3. The monoisotopic (exact) mass is 172 g/mol. The molecule has 1 aromatic heterocycles. The Morgan fingerprint density at radius 3 is 3.18 bits per heavy atom. The molecule has 5 nitrogen and oxygen atoms in total. The van der Waals surface area contributed by atoms with Gasteiger partial charge in [-0.2, -0.15) is 0 Å². The van der Waals surface area contributed by atoms with E-state index in [-0.39, 0.29) is 5.91 Å². The van der Waals surface area contributed by atoms with Crippen LogP contribution in [0.5, 0.6) is 0 Å². The quantitative estimate of drug-likeness (QED) is 0.663. The SMILES string of the molecule is NCCC(=O)Nc1csnn1. The molecular formula is C5H8N4OS. The first-order valence-corrected chi connectivity index (χ1v) is 3.93. The smallest absolute Gasteiger partial charge is 0.226 e. The fraction of sp³-hybridized carbons (Fsp3) is 0.400. The summed E-state index contributed by atoms with van der Waals surface area (Å²) in [4.78, 5) is 10.9. The van der Waals surface area contributed by atoms with Crippen molar-refractivity contribution in [3.63, 3.8) is 0 Å². The average Bonchev–Trinajstić information content (AvgIpc) is 2.40. The zero-order valence-corrected chi connectivity index (χ0v) is 6.60. The Balaban J connectivity index is 2.37. The molecule has 0 aliphatic carbocycles. The van der Waals surface area contributed by atoms with Crippen molar-refractivity contribution in [1.29, 1.82) is 0 Å². The van der Waals surface area contributed by atoms with Gasteiger partial charge in [0.15, 0.2) is 5.82 Å². The summed E-state index contributed by atoms with van der Waals surface area (Å²) in [5.41, 5.74) is 5.16. The van der Waals surface area contributed by atoms with Crippen molar-refractivity contribution >= 4 is 23.3 Å². The van der Waals surface area contributed by atoms with Crippen LogP contribution in [0.15, 0.2) is 5.38 Å². The van der Waals surface area contributed by atoms with E-state index in [9.17, 15) is 4.79 Å². The van der Waals surface area contributed by atoms with Gasteiger partial charge in [-0.3, -0.25) is 4.79 Å². The molecule has 6 heteroatoms. The van der Waals surface area contributed by atoms with E-state index in [4.69, 9.17) is 5.73 Å². The first-order chi connectivity index (χ1) is 5.33. The van der Waals surface area contributed by atoms with Crippen LogP contribution < -0.4 is 11.1 Å². The van der Waals surface area contributed by atoms with Gasteiger partial charge in [0.05, 0.1) is 5.38 Å². The maximum absolute atomic E-state index is 10.9. The number of nitrogens with two attached hydrogens (primary N) is 1. The third-order valence-corrected chi connectivity index (χ3v) is 1.50. The topological polar surface area (TPSA) is 80.9 Å². The van der Waals surface area contributed by atoms with Gasteiger partial charge in [0.2, 0.25) is 5.91 Å². The van der Waals surface area contributed by atoms with Crippen molar-refractivity contribution in [2.75, 3.05) is 11.9 Å². The molecule has 0 bridgehead atoms. The average molecular weight is 172 g/mol. The van der Waals surface area contributed by atoms with E-state index in [1.54, 1.807) is 5.38 Å². The molecule has 60 valence electrons. The summed E-state index contributed by atoms with van der Waals surface area (Å²) in [6.45, 7) is 0.351. The van der Waals surface area contributed by atoms with E-state index in [0.717, 1.165) is 0 Å². The number of hydrogen-bond donors (Lipinski definition) is 2. The van der Waals surface area contributed by atoms with Gasteiger partial charge in [-0.25, -0.2) is 0 Å². The summed E-state index contributed by atoms with van der Waals surface area (Å²) in [7, 11) is 0. The zero-order chi connectivity index (χ0) is 8.10. The minimum Gasteiger partial charge on any atom is -0.330 e. The Morgan fingerprint density at radius 1 is 1.82 bits per heavy atom. The molecule has 1 amide bonds. The van der Waals surface area contributed by atoms with Gasteiger partial charge < -0.3 is 11.1 Å². The predicted molar refractivity (Wildman–Crippen MR) is 42.2 cm³/mol. The van der Waals surface area contributed by atoms with Crippen LogP contribution in [0.1, 0.15) is 6.42 Å². The molecule has 0 fully saturated rings. The van der Waals surface area contributed by atoms with Gasteiger partial charge in [-0.1, -0.05) is 4.49 Å². The molecule has 11 heavy (non-hydrogen) atoms. The molecule has 0 unspecified atom stereocenters. The third kappa shape index (κ3) is 2.60. The second-order valence-corrected chi connectivity index (χ2v) is 2.49. The number of carbonyl (C=O) groups is 1. The molecule has 0 saturated heterocycles. The van der Waals surface area contributed by atoms with Crippen molar-refractivity contribution in [3.05, 3.63) is 5.38 Å². The minimum atomic E-state index is -0.125. The van der Waals surface area contributed by atoms with Gasteiger partial charge in [0.1, 0.15) is 0 Å². The highest BCUT2D eigenvalue weighted by atomic mass is 32.1. The number of hydrogen-bond acceptors (Lipinski definition) is 5. The van der Waals surface area contributed by atoms with Crippen molar-refractivity contribution in [2.45, 2.75) is 6.42 Å². The zero-order valence-electron chi connectivity index (χ0n) is 5.78. The van der Waals surface area contributed by atoms with Gasteiger partial charge in [0, 0.05) is 13.0 Å². The summed E-state index contributed by atoms with van der Waals surface area (Å²) >= 11 is 1.19. The molecule has 0 aromatic carbocycles. The first kappa shape index (κ1) is 8.09. The van der Waals surface area contributed by atoms with E-state index in [1.807, 2.05) is 0 Å². The number of aromatic nitrogens is 2. The van der Waals surface area contributed by atoms with Gasteiger partial charge in [-0.15, -0.1) is 5.10 Å². The van der Waals surface area contributed by atoms with Crippen LogP contribution in [-0.2, 0) is 4.79 Å². The van der Waals surface area contributed by atoms with Crippen LogP contribution in [0.25, 0.3) is 0 Å².